The molecule has 1 N–H and O–H groups in total. The van der Waals surface area contributed by atoms with Gasteiger partial charge in [0, 0.05) is 29.2 Å². The zero-order valence-corrected chi connectivity index (χ0v) is 17.4. The molecule has 2 aromatic carbocycles. The molecule has 1 amide bonds. The van der Waals surface area contributed by atoms with Gasteiger partial charge in [-0.15, -0.1) is 0 Å². The molecular weight excluding hydrogens is 392 g/mol. The number of rotatable bonds is 8. The lowest BCUT2D eigenvalue weighted by molar-refractivity contribution is -0.114. The van der Waals surface area contributed by atoms with Crippen LogP contribution in [0, 0.1) is 0 Å². The Bertz CT molecular complexity index is 1010. The third kappa shape index (κ3) is 5.06. The lowest BCUT2D eigenvalue weighted by Gasteiger charge is -2.19. The lowest BCUT2D eigenvalue weighted by Crippen LogP contribution is -2.30. The van der Waals surface area contributed by atoms with Gasteiger partial charge in [0.1, 0.15) is 12.1 Å². The van der Waals surface area contributed by atoms with Crippen LogP contribution >= 0.6 is 11.6 Å². The molecule has 152 valence electrons. The quantitative estimate of drug-likeness (QED) is 0.596. The highest BCUT2D eigenvalue weighted by molar-refractivity contribution is 6.31. The number of ether oxygens (including phenoxy) is 2. The summed E-state index contributed by atoms with van der Waals surface area (Å²) in [7, 11) is 1.81. The van der Waals surface area contributed by atoms with Crippen molar-refractivity contribution < 1.29 is 14.3 Å². The monoisotopic (exact) mass is 414 g/mol. The first kappa shape index (κ1) is 20.7. The molecular formula is C21H23ClN4O3. The summed E-state index contributed by atoms with van der Waals surface area (Å²) in [5, 5.41) is 4.31. The molecule has 1 heterocycles. The van der Waals surface area contributed by atoms with Gasteiger partial charge in [-0.2, -0.15) is 0 Å². The highest BCUT2D eigenvalue weighted by Crippen LogP contribution is 2.31. The summed E-state index contributed by atoms with van der Waals surface area (Å²) in [6, 6.07) is 10.7. The number of benzene rings is 2. The number of aromatic nitrogens is 2. The van der Waals surface area contributed by atoms with Crippen LogP contribution in [0.4, 0.5) is 11.5 Å². The van der Waals surface area contributed by atoms with Crippen LogP contribution in [0.3, 0.4) is 0 Å². The Kier molecular flexibility index (Phi) is 6.72. The molecule has 0 aliphatic heterocycles. The summed E-state index contributed by atoms with van der Waals surface area (Å²) in [4.78, 5) is 22.9. The van der Waals surface area contributed by atoms with Crippen LogP contribution in [0.5, 0.6) is 11.5 Å². The first-order valence-electron chi connectivity index (χ1n) is 9.32. The molecule has 0 radical (unpaired) electrons. The van der Waals surface area contributed by atoms with Gasteiger partial charge >= 0.3 is 0 Å². The number of nitrogens with zero attached hydrogens (tertiary/aromatic N) is 3. The summed E-state index contributed by atoms with van der Waals surface area (Å²) in [5.74, 6) is 1.72. The molecule has 0 saturated heterocycles. The van der Waals surface area contributed by atoms with E-state index in [4.69, 9.17) is 21.1 Å². The summed E-state index contributed by atoms with van der Waals surface area (Å²) in [6.45, 7) is 4.97. The second kappa shape index (κ2) is 9.43. The number of carbonyl (C=O) groups is 1. The van der Waals surface area contributed by atoms with Crippen LogP contribution < -0.4 is 19.7 Å². The Morgan fingerprint density at radius 1 is 1.07 bits per heavy atom. The van der Waals surface area contributed by atoms with Gasteiger partial charge in [-0.25, -0.2) is 9.97 Å². The summed E-state index contributed by atoms with van der Waals surface area (Å²) in [5.41, 5.74) is 1.36. The fraction of sp³-hybridized carbons (Fsp3) is 0.286. The van der Waals surface area contributed by atoms with Gasteiger partial charge in [-0.05, 0) is 44.2 Å². The van der Waals surface area contributed by atoms with Crippen LogP contribution in [0.15, 0.2) is 42.7 Å². The van der Waals surface area contributed by atoms with Gasteiger partial charge in [-0.3, -0.25) is 4.79 Å². The minimum absolute atomic E-state index is 0.117. The topological polar surface area (TPSA) is 76.6 Å². The highest BCUT2D eigenvalue weighted by atomic mass is 35.5. The van der Waals surface area contributed by atoms with Crippen molar-refractivity contribution in [1.29, 1.82) is 0 Å². The predicted octanol–water partition coefficient (Wildman–Crippen LogP) is 4.16. The molecule has 0 unspecified atom stereocenters. The number of carbonyl (C=O) groups excluding carboxylic acids is 1. The molecule has 0 spiro atoms. The largest absolute Gasteiger partial charge is 0.490 e. The van der Waals surface area contributed by atoms with Crippen molar-refractivity contribution in [1.82, 2.24) is 9.97 Å². The zero-order chi connectivity index (χ0) is 20.8. The van der Waals surface area contributed by atoms with Crippen molar-refractivity contribution in [3.05, 3.63) is 47.7 Å². The maximum absolute atomic E-state index is 12.6. The third-order valence-corrected chi connectivity index (χ3v) is 4.38. The highest BCUT2D eigenvalue weighted by Gasteiger charge is 2.14. The summed E-state index contributed by atoms with van der Waals surface area (Å²) >= 11 is 6.03. The Hall–Kier alpha value is -3.06. The molecule has 0 saturated carbocycles. The lowest BCUT2D eigenvalue weighted by atomic mass is 10.2. The minimum atomic E-state index is -0.181. The zero-order valence-electron chi connectivity index (χ0n) is 16.6. The Balaban J connectivity index is 1.73. The molecule has 3 rings (SSSR count). The van der Waals surface area contributed by atoms with Gasteiger partial charge in [-0.1, -0.05) is 11.6 Å². The number of halogens is 1. The fourth-order valence-corrected chi connectivity index (χ4v) is 3.11. The predicted molar refractivity (Wildman–Crippen MR) is 115 cm³/mol. The average Bonchev–Trinajstić information content (AvgIpc) is 2.69. The molecule has 1 aromatic heterocycles. The van der Waals surface area contributed by atoms with Gasteiger partial charge in [0.2, 0.25) is 5.91 Å². The van der Waals surface area contributed by atoms with E-state index in [1.54, 1.807) is 42.3 Å². The maximum Gasteiger partial charge on any atom is 0.243 e. The second-order valence-corrected chi connectivity index (χ2v) is 6.73. The Labute approximate surface area is 174 Å². The van der Waals surface area contributed by atoms with E-state index < -0.39 is 0 Å². The Morgan fingerprint density at radius 2 is 1.83 bits per heavy atom. The third-order valence-electron chi connectivity index (χ3n) is 4.15. The fourth-order valence-electron chi connectivity index (χ4n) is 2.94. The number of hydrogen-bond acceptors (Lipinski definition) is 6. The first-order chi connectivity index (χ1) is 14.0. The van der Waals surface area contributed by atoms with E-state index in [1.807, 2.05) is 19.9 Å². The average molecular weight is 415 g/mol. The van der Waals surface area contributed by atoms with Gasteiger partial charge in [0.15, 0.2) is 11.5 Å². The summed E-state index contributed by atoms with van der Waals surface area (Å²) < 4.78 is 11.2. The van der Waals surface area contributed by atoms with Crippen molar-refractivity contribution in [3.63, 3.8) is 0 Å². The van der Waals surface area contributed by atoms with Crippen LogP contribution in [0.1, 0.15) is 13.8 Å². The van der Waals surface area contributed by atoms with Crippen LogP contribution in [-0.2, 0) is 4.79 Å². The van der Waals surface area contributed by atoms with Crippen LogP contribution in [-0.4, -0.2) is 42.7 Å². The van der Waals surface area contributed by atoms with Crippen molar-refractivity contribution in [2.75, 3.05) is 37.0 Å². The van der Waals surface area contributed by atoms with Crippen LogP contribution in [0.25, 0.3) is 10.9 Å². The molecule has 0 aliphatic rings. The number of nitrogens with one attached hydrogen (secondary N) is 1. The molecule has 8 heteroatoms. The number of likely N-dealkylation sites (N-methyl/N-ethyl adjacent to an activating group) is 1. The first-order valence-corrected chi connectivity index (χ1v) is 9.70. The number of anilines is 2. The van der Waals surface area contributed by atoms with Crippen LogP contribution in [0.2, 0.25) is 5.02 Å². The van der Waals surface area contributed by atoms with E-state index in [0.717, 1.165) is 10.9 Å². The molecule has 0 bridgehead atoms. The van der Waals surface area contributed by atoms with E-state index in [-0.39, 0.29) is 12.5 Å². The Morgan fingerprint density at radius 3 is 2.59 bits per heavy atom. The second-order valence-electron chi connectivity index (χ2n) is 6.29. The molecule has 7 nitrogen and oxygen atoms in total. The smallest absolute Gasteiger partial charge is 0.243 e. The molecule has 29 heavy (non-hydrogen) atoms. The van der Waals surface area contributed by atoms with Crippen molar-refractivity contribution in [2.24, 2.45) is 0 Å². The van der Waals surface area contributed by atoms with E-state index in [0.29, 0.717) is 41.2 Å². The van der Waals surface area contributed by atoms with E-state index in [9.17, 15) is 4.79 Å². The van der Waals surface area contributed by atoms with Crippen molar-refractivity contribution >= 4 is 39.9 Å². The SMILES string of the molecule is CCOc1ccc(NC(=O)CN(C)c2ncnc3cc(Cl)ccc23)cc1OCC. The molecule has 3 aromatic rings. The molecule has 0 aliphatic carbocycles. The molecule has 0 atom stereocenters. The van der Waals surface area contributed by atoms with E-state index >= 15 is 0 Å². The number of amides is 1. The minimum Gasteiger partial charge on any atom is -0.490 e. The standard InChI is InChI=1S/C21H23ClN4O3/c1-4-28-18-9-7-15(11-19(18)29-5-2)25-20(27)12-26(3)21-16-8-6-14(22)10-17(16)23-13-24-21/h6-11,13H,4-5,12H2,1-3H3,(H,25,27). The van der Waals surface area contributed by atoms with Crippen molar-refractivity contribution in [2.45, 2.75) is 13.8 Å². The maximum atomic E-state index is 12.6. The van der Waals surface area contributed by atoms with Crippen molar-refractivity contribution in [3.8, 4) is 11.5 Å². The van der Waals surface area contributed by atoms with Gasteiger partial charge in [0.05, 0.1) is 25.3 Å². The molecule has 0 fully saturated rings. The van der Waals surface area contributed by atoms with Gasteiger partial charge in [0.25, 0.3) is 0 Å². The van der Waals surface area contributed by atoms with E-state index in [1.165, 1.54) is 6.33 Å². The normalized spacial score (nSPS) is 10.6. The number of fused-ring (bicyclic) bond motifs is 1. The summed E-state index contributed by atoms with van der Waals surface area (Å²) in [6.07, 6.45) is 1.46. The van der Waals surface area contributed by atoms with Gasteiger partial charge < -0.3 is 19.7 Å². The van der Waals surface area contributed by atoms with E-state index in [2.05, 4.69) is 15.3 Å². The number of hydrogen-bond donors (Lipinski definition) is 1.